The van der Waals surface area contributed by atoms with Crippen molar-refractivity contribution in [3.8, 4) is 22.3 Å². The van der Waals surface area contributed by atoms with E-state index in [9.17, 15) is 26.4 Å². The maximum atomic E-state index is 13.4. The minimum Gasteiger partial charge on any atom is -0.454 e. The van der Waals surface area contributed by atoms with Crippen molar-refractivity contribution in [3.05, 3.63) is 47.2 Å². The summed E-state index contributed by atoms with van der Waals surface area (Å²) < 4.78 is 81.5. The van der Waals surface area contributed by atoms with Crippen LogP contribution in [0, 0.1) is 0 Å². The van der Waals surface area contributed by atoms with E-state index in [1.165, 1.54) is 22.9 Å². The number of hydrogen-bond acceptors (Lipinski definition) is 10. The molecule has 1 saturated carbocycles. The number of aromatic nitrogens is 4. The molecule has 1 aliphatic carbocycles. The molecule has 0 spiro atoms. The second-order valence-corrected chi connectivity index (χ2v) is 13.5. The summed E-state index contributed by atoms with van der Waals surface area (Å²) in [6.07, 6.45) is -0.479. The molecule has 1 N–H and O–H groups in total. The first kappa shape index (κ1) is 27.8. The number of alkyl halides is 3. The summed E-state index contributed by atoms with van der Waals surface area (Å²) in [5.74, 6) is 0.946. The van der Waals surface area contributed by atoms with E-state index < -0.39 is 26.7 Å². The van der Waals surface area contributed by atoms with Gasteiger partial charge in [0.15, 0.2) is 22.3 Å². The quantitative estimate of drug-likeness (QED) is 0.339. The number of nitrogens with one attached hydrogen (secondary N) is 1. The number of anilines is 1. The Labute approximate surface area is 247 Å². The van der Waals surface area contributed by atoms with Crippen LogP contribution < -0.4 is 19.1 Å². The fourth-order valence-corrected chi connectivity index (χ4v) is 7.26. The van der Waals surface area contributed by atoms with E-state index in [2.05, 4.69) is 19.9 Å². The molecular weight excluding hydrogens is 611 g/mol. The molecule has 17 heteroatoms. The van der Waals surface area contributed by atoms with Crippen LogP contribution in [0.2, 0.25) is 0 Å². The van der Waals surface area contributed by atoms with Crippen molar-refractivity contribution >= 4 is 38.5 Å². The Balaban J connectivity index is 1.21. The lowest BCUT2D eigenvalue weighted by atomic mass is 10.1. The van der Waals surface area contributed by atoms with E-state index in [0.717, 1.165) is 0 Å². The summed E-state index contributed by atoms with van der Waals surface area (Å²) in [7, 11) is -3.99. The smallest absolute Gasteiger partial charge is 0.445 e. The molecule has 2 aliphatic heterocycles. The van der Waals surface area contributed by atoms with Gasteiger partial charge < -0.3 is 19.3 Å². The Morgan fingerprint density at radius 3 is 2.51 bits per heavy atom. The fraction of sp³-hybridized carbons (Fsp3) is 0.385. The average Bonchev–Trinajstić information content (AvgIpc) is 3.41. The third kappa shape index (κ3) is 5.14. The Bertz CT molecular complexity index is 1860. The lowest BCUT2D eigenvalue weighted by molar-refractivity contribution is -0.138. The molecule has 226 valence electrons. The number of hydrogen-bond donors (Lipinski definition) is 1. The molecule has 4 aromatic rings. The van der Waals surface area contributed by atoms with Crippen LogP contribution in [0.25, 0.3) is 16.3 Å². The van der Waals surface area contributed by atoms with Crippen molar-refractivity contribution in [3.63, 3.8) is 0 Å². The molecule has 3 aliphatic rings. The van der Waals surface area contributed by atoms with Crippen LogP contribution in [0.4, 0.5) is 18.9 Å². The highest BCUT2D eigenvalue weighted by Crippen LogP contribution is 2.39. The van der Waals surface area contributed by atoms with Gasteiger partial charge in [-0.1, -0.05) is 11.3 Å². The van der Waals surface area contributed by atoms with Crippen molar-refractivity contribution in [2.75, 3.05) is 37.9 Å². The van der Waals surface area contributed by atoms with Gasteiger partial charge in [-0.15, -0.1) is 10.2 Å². The number of carbonyl (C=O) groups is 1. The first-order valence-corrected chi connectivity index (χ1v) is 15.6. The molecule has 43 heavy (non-hydrogen) atoms. The molecule has 0 bridgehead atoms. The summed E-state index contributed by atoms with van der Waals surface area (Å²) in [6, 6.07) is 6.55. The lowest BCUT2D eigenvalue weighted by Gasteiger charge is -2.36. The van der Waals surface area contributed by atoms with Gasteiger partial charge in [-0.3, -0.25) is 9.20 Å². The Hall–Kier alpha value is -3.96. The van der Waals surface area contributed by atoms with Crippen LogP contribution >= 0.6 is 11.3 Å². The minimum atomic E-state index is -4.68. The summed E-state index contributed by atoms with van der Waals surface area (Å²) in [5.41, 5.74) is 0.903. The molecule has 3 aromatic heterocycles. The number of halogens is 3. The summed E-state index contributed by atoms with van der Waals surface area (Å²) in [5, 5.41) is 5.71. The van der Waals surface area contributed by atoms with E-state index in [-0.39, 0.29) is 28.4 Å². The monoisotopic (exact) mass is 635 g/mol. The third-order valence-electron chi connectivity index (χ3n) is 7.67. The molecule has 0 radical (unpaired) electrons. The largest absolute Gasteiger partial charge is 0.454 e. The standard InChI is InChI=1S/C26H24F3N7O5S2/c1-25(4-5-25)33-43(38,39)16-11-17(18-12-30-21(36(18)13-16)22-31-32-24(42-22)26(27,28)29)34-6-8-35(9-7-34)23(37)15-2-3-19-20(10-15)41-14-40-19/h2-3,10-13,33H,4-9,14H2,1H3. The van der Waals surface area contributed by atoms with Crippen molar-refractivity contribution in [2.24, 2.45) is 0 Å². The van der Waals surface area contributed by atoms with E-state index in [1.807, 2.05) is 11.8 Å². The van der Waals surface area contributed by atoms with Gasteiger partial charge in [-0.25, -0.2) is 18.1 Å². The molecule has 1 saturated heterocycles. The molecule has 0 unspecified atom stereocenters. The maximum absolute atomic E-state index is 13.4. The molecule has 2 fully saturated rings. The third-order valence-corrected chi connectivity index (χ3v) is 10.2. The van der Waals surface area contributed by atoms with Crippen molar-refractivity contribution in [1.82, 2.24) is 29.2 Å². The van der Waals surface area contributed by atoms with E-state index in [0.29, 0.717) is 78.6 Å². The Morgan fingerprint density at radius 2 is 1.81 bits per heavy atom. The zero-order chi connectivity index (χ0) is 30.1. The molecule has 7 rings (SSSR count). The molecule has 5 heterocycles. The van der Waals surface area contributed by atoms with Gasteiger partial charge in [0.25, 0.3) is 5.91 Å². The maximum Gasteiger partial charge on any atom is 0.445 e. The number of amides is 1. The highest BCUT2D eigenvalue weighted by molar-refractivity contribution is 7.89. The normalized spacial score (nSPS) is 18.0. The summed E-state index contributed by atoms with van der Waals surface area (Å²) in [4.78, 5) is 21.1. The minimum absolute atomic E-state index is 0.0376. The molecule has 0 atom stereocenters. The first-order chi connectivity index (χ1) is 20.4. The van der Waals surface area contributed by atoms with Crippen molar-refractivity contribution < 1.29 is 35.9 Å². The topological polar surface area (TPSA) is 131 Å². The Kier molecular flexibility index (Phi) is 6.34. The highest BCUT2D eigenvalue weighted by Gasteiger charge is 2.42. The number of pyridine rings is 1. The molecule has 1 aromatic carbocycles. The average molecular weight is 636 g/mol. The SMILES string of the molecule is CC1(NS(=O)(=O)c2cc(N3CCN(C(=O)c4ccc5c(c4)OCO5)CC3)c3cnc(-c4nnc(C(F)(F)F)s4)n3c2)CC1. The van der Waals surface area contributed by atoms with E-state index in [1.54, 1.807) is 23.1 Å². The van der Waals surface area contributed by atoms with Crippen molar-refractivity contribution in [1.29, 1.82) is 0 Å². The number of benzene rings is 1. The number of rotatable bonds is 6. The van der Waals surface area contributed by atoms with E-state index >= 15 is 0 Å². The van der Waals surface area contributed by atoms with Crippen LogP contribution in [0.5, 0.6) is 11.5 Å². The number of nitrogens with zero attached hydrogens (tertiary/aromatic N) is 6. The number of ether oxygens (including phenoxy) is 2. The Morgan fingerprint density at radius 1 is 1.07 bits per heavy atom. The van der Waals surface area contributed by atoms with Crippen LogP contribution in [0.3, 0.4) is 0 Å². The zero-order valence-corrected chi connectivity index (χ0v) is 24.2. The van der Waals surface area contributed by atoms with Crippen LogP contribution in [-0.2, 0) is 16.2 Å². The van der Waals surface area contributed by atoms with Crippen LogP contribution in [0.1, 0.15) is 35.1 Å². The second kappa shape index (κ2) is 9.78. The predicted octanol–water partition coefficient (Wildman–Crippen LogP) is 3.39. The summed E-state index contributed by atoms with van der Waals surface area (Å²) >= 11 is 0.326. The fourth-order valence-electron chi connectivity index (χ4n) is 5.08. The van der Waals surface area contributed by atoms with Crippen molar-refractivity contribution in [2.45, 2.75) is 36.4 Å². The second-order valence-electron chi connectivity index (χ2n) is 10.8. The van der Waals surface area contributed by atoms with Gasteiger partial charge in [0, 0.05) is 43.5 Å². The van der Waals surface area contributed by atoms with Crippen LogP contribution in [0.15, 0.2) is 41.6 Å². The first-order valence-electron chi connectivity index (χ1n) is 13.3. The van der Waals surface area contributed by atoms with E-state index in [4.69, 9.17) is 9.47 Å². The number of carbonyl (C=O) groups excluding carboxylic acids is 1. The van der Waals surface area contributed by atoms with Gasteiger partial charge >= 0.3 is 6.18 Å². The number of sulfonamides is 1. The van der Waals surface area contributed by atoms with Gasteiger partial charge in [0.2, 0.25) is 21.8 Å². The molecular formula is C26H24F3N7O5S2. The summed E-state index contributed by atoms with van der Waals surface area (Å²) in [6.45, 7) is 3.35. The number of imidazole rings is 1. The number of fused-ring (bicyclic) bond motifs is 2. The lowest BCUT2D eigenvalue weighted by Crippen LogP contribution is -2.49. The van der Waals surface area contributed by atoms with Crippen LogP contribution in [-0.4, -0.2) is 77.3 Å². The molecule has 12 nitrogen and oxygen atoms in total. The van der Waals surface area contributed by atoms with Gasteiger partial charge in [0.05, 0.1) is 17.4 Å². The van der Waals surface area contributed by atoms with Gasteiger partial charge in [-0.2, -0.15) is 13.2 Å². The molecule has 1 amide bonds. The van der Waals surface area contributed by atoms with Gasteiger partial charge in [0.1, 0.15) is 4.90 Å². The van der Waals surface area contributed by atoms with Gasteiger partial charge in [-0.05, 0) is 44.0 Å². The number of piperazine rings is 1. The predicted molar refractivity (Wildman–Crippen MR) is 148 cm³/mol. The zero-order valence-electron chi connectivity index (χ0n) is 22.6. The highest BCUT2D eigenvalue weighted by atomic mass is 32.2.